The Labute approximate surface area is 92.0 Å². The Morgan fingerprint density at radius 1 is 1.27 bits per heavy atom. The Hall–Kier alpha value is -1.76. The van der Waals surface area contributed by atoms with Crippen LogP contribution in [-0.4, -0.2) is 7.05 Å². The van der Waals surface area contributed by atoms with Crippen molar-refractivity contribution in [3.63, 3.8) is 0 Å². The maximum atomic E-state index is 3.72. The molecule has 1 aromatic carbocycles. The third kappa shape index (κ3) is 3.13. The van der Waals surface area contributed by atoms with E-state index in [0.717, 1.165) is 5.70 Å². The molecule has 0 aliphatic heterocycles. The third-order valence-corrected chi connectivity index (χ3v) is 2.16. The molecule has 0 unspecified atom stereocenters. The number of likely N-dealkylation sites (N-methyl/N-ethyl adjacent to an activating group) is 1. The normalized spacial score (nSPS) is 11.7. The third-order valence-electron chi connectivity index (χ3n) is 2.16. The minimum Gasteiger partial charge on any atom is -0.345 e. The first kappa shape index (κ1) is 11.3. The molecule has 15 heavy (non-hydrogen) atoms. The Bertz CT molecular complexity index is 360. The van der Waals surface area contributed by atoms with E-state index in [2.05, 4.69) is 29.7 Å². The summed E-state index contributed by atoms with van der Waals surface area (Å²) in [4.78, 5) is 2.13. The number of rotatable bonds is 4. The number of para-hydroxylation sites is 1. The lowest BCUT2D eigenvalue weighted by Crippen LogP contribution is -2.14. The molecule has 0 radical (unpaired) electrons. The molecule has 0 saturated carbocycles. The molecule has 1 nitrogen and oxygen atoms in total. The van der Waals surface area contributed by atoms with Crippen LogP contribution in [0, 0.1) is 0 Å². The van der Waals surface area contributed by atoms with Crippen LogP contribution in [0.2, 0.25) is 0 Å². The van der Waals surface area contributed by atoms with Gasteiger partial charge in [-0.2, -0.15) is 0 Å². The van der Waals surface area contributed by atoms with Gasteiger partial charge in [0.1, 0.15) is 0 Å². The van der Waals surface area contributed by atoms with Gasteiger partial charge in [0.05, 0.1) is 0 Å². The highest BCUT2D eigenvalue weighted by Crippen LogP contribution is 2.17. The number of nitrogens with zero attached hydrogens (tertiary/aromatic N) is 1. The highest BCUT2D eigenvalue weighted by molar-refractivity contribution is 5.53. The van der Waals surface area contributed by atoms with E-state index in [0.29, 0.717) is 0 Å². The lowest BCUT2D eigenvalue weighted by Gasteiger charge is -2.20. The molecule has 0 aliphatic carbocycles. The number of hydrogen-bond acceptors (Lipinski definition) is 1. The molecular formula is C14H17N. The minimum atomic E-state index is 1.12. The predicted octanol–water partition coefficient (Wildman–Crippen LogP) is 3.77. The molecule has 0 fully saturated rings. The van der Waals surface area contributed by atoms with Gasteiger partial charge < -0.3 is 4.90 Å². The fourth-order valence-corrected chi connectivity index (χ4v) is 1.37. The van der Waals surface area contributed by atoms with E-state index in [1.807, 2.05) is 44.3 Å². The van der Waals surface area contributed by atoms with E-state index in [4.69, 9.17) is 0 Å². The second-order valence-corrected chi connectivity index (χ2v) is 3.22. The lowest BCUT2D eigenvalue weighted by atomic mass is 10.2. The van der Waals surface area contributed by atoms with Gasteiger partial charge >= 0.3 is 0 Å². The molecular weight excluding hydrogens is 182 g/mol. The quantitative estimate of drug-likeness (QED) is 0.667. The molecule has 0 aliphatic rings. The van der Waals surface area contributed by atoms with E-state index >= 15 is 0 Å². The van der Waals surface area contributed by atoms with Gasteiger partial charge in [-0.25, -0.2) is 0 Å². The van der Waals surface area contributed by atoms with Crippen LogP contribution < -0.4 is 4.90 Å². The van der Waals surface area contributed by atoms with Crippen LogP contribution in [0.15, 0.2) is 66.9 Å². The highest BCUT2D eigenvalue weighted by atomic mass is 15.1. The predicted molar refractivity (Wildman–Crippen MR) is 67.9 cm³/mol. The molecule has 1 heteroatoms. The number of allylic oxidation sites excluding steroid dienone is 4. The van der Waals surface area contributed by atoms with Gasteiger partial charge in [-0.15, -0.1) is 0 Å². The maximum Gasteiger partial charge on any atom is 0.0408 e. The summed E-state index contributed by atoms with van der Waals surface area (Å²) >= 11 is 0. The number of anilines is 1. The summed E-state index contributed by atoms with van der Waals surface area (Å²) in [5.74, 6) is 0. The monoisotopic (exact) mass is 199 g/mol. The molecule has 0 heterocycles. The second kappa shape index (κ2) is 5.86. The van der Waals surface area contributed by atoms with Crippen molar-refractivity contribution in [2.24, 2.45) is 0 Å². The molecule has 0 saturated heterocycles. The first-order valence-corrected chi connectivity index (χ1v) is 5.03. The van der Waals surface area contributed by atoms with Gasteiger partial charge in [0.25, 0.3) is 0 Å². The van der Waals surface area contributed by atoms with Crippen LogP contribution in [-0.2, 0) is 0 Å². The van der Waals surface area contributed by atoms with Crippen molar-refractivity contribution in [2.45, 2.75) is 6.92 Å². The van der Waals surface area contributed by atoms with Crippen molar-refractivity contribution in [3.8, 4) is 0 Å². The van der Waals surface area contributed by atoms with E-state index in [9.17, 15) is 0 Å². The van der Waals surface area contributed by atoms with Gasteiger partial charge in [0.15, 0.2) is 0 Å². The van der Waals surface area contributed by atoms with E-state index < -0.39 is 0 Å². The van der Waals surface area contributed by atoms with Crippen molar-refractivity contribution < 1.29 is 0 Å². The summed E-state index contributed by atoms with van der Waals surface area (Å²) in [6.45, 7) is 5.73. The van der Waals surface area contributed by atoms with Crippen molar-refractivity contribution in [1.29, 1.82) is 0 Å². The van der Waals surface area contributed by atoms with Gasteiger partial charge in [0.2, 0.25) is 0 Å². The van der Waals surface area contributed by atoms with E-state index in [1.54, 1.807) is 6.08 Å². The summed E-state index contributed by atoms with van der Waals surface area (Å²) in [6.07, 6.45) is 7.88. The standard InChI is InChI=1S/C14H17N/c1-4-9-13(10-5-2)15(3)14-11-7-6-8-12-14/h4-12H,1H2,2-3H3/b10-5-,13-9+. The zero-order chi connectivity index (χ0) is 11.1. The number of hydrogen-bond donors (Lipinski definition) is 0. The van der Waals surface area contributed by atoms with Gasteiger partial charge in [-0.3, -0.25) is 0 Å². The molecule has 0 N–H and O–H groups in total. The summed E-state index contributed by atoms with van der Waals surface area (Å²) in [5.41, 5.74) is 2.29. The average Bonchev–Trinajstić information content (AvgIpc) is 2.29. The molecule has 0 atom stereocenters. The molecule has 78 valence electrons. The van der Waals surface area contributed by atoms with Crippen LogP contribution >= 0.6 is 0 Å². The van der Waals surface area contributed by atoms with Crippen molar-refractivity contribution in [3.05, 3.63) is 66.9 Å². The molecule has 0 bridgehead atoms. The summed E-state index contributed by atoms with van der Waals surface area (Å²) in [6, 6.07) is 10.3. The van der Waals surface area contributed by atoms with Crippen molar-refractivity contribution >= 4 is 5.69 Å². The Balaban J connectivity index is 2.96. The Morgan fingerprint density at radius 3 is 2.47 bits per heavy atom. The zero-order valence-corrected chi connectivity index (χ0v) is 9.35. The van der Waals surface area contributed by atoms with E-state index in [-0.39, 0.29) is 0 Å². The fraction of sp³-hybridized carbons (Fsp3) is 0.143. The van der Waals surface area contributed by atoms with Crippen LogP contribution in [0.25, 0.3) is 0 Å². The van der Waals surface area contributed by atoms with Crippen molar-refractivity contribution in [1.82, 2.24) is 0 Å². The van der Waals surface area contributed by atoms with Crippen LogP contribution in [0.1, 0.15) is 6.92 Å². The van der Waals surface area contributed by atoms with Gasteiger partial charge in [-0.05, 0) is 31.2 Å². The van der Waals surface area contributed by atoms with Crippen LogP contribution in [0.5, 0.6) is 0 Å². The molecule has 1 rings (SSSR count). The molecule has 0 spiro atoms. The van der Waals surface area contributed by atoms with Crippen LogP contribution in [0.3, 0.4) is 0 Å². The summed E-state index contributed by atoms with van der Waals surface area (Å²) in [5, 5.41) is 0. The summed E-state index contributed by atoms with van der Waals surface area (Å²) in [7, 11) is 2.05. The molecule has 1 aromatic rings. The largest absolute Gasteiger partial charge is 0.345 e. The second-order valence-electron chi connectivity index (χ2n) is 3.22. The SMILES string of the molecule is C=C/C=C(\C=C/C)N(C)c1ccccc1. The Kier molecular flexibility index (Phi) is 4.42. The zero-order valence-electron chi connectivity index (χ0n) is 9.35. The maximum absolute atomic E-state index is 3.72. The molecule has 0 amide bonds. The van der Waals surface area contributed by atoms with Gasteiger partial charge in [0, 0.05) is 18.4 Å². The average molecular weight is 199 g/mol. The lowest BCUT2D eigenvalue weighted by molar-refractivity contribution is 1.14. The minimum absolute atomic E-state index is 1.12. The van der Waals surface area contributed by atoms with Crippen LogP contribution in [0.4, 0.5) is 5.69 Å². The highest BCUT2D eigenvalue weighted by Gasteiger charge is 2.01. The van der Waals surface area contributed by atoms with Gasteiger partial charge in [-0.1, -0.05) is 36.9 Å². The first-order valence-electron chi connectivity index (χ1n) is 5.03. The Morgan fingerprint density at radius 2 is 1.93 bits per heavy atom. The van der Waals surface area contributed by atoms with Crippen molar-refractivity contribution in [2.75, 3.05) is 11.9 Å². The smallest absolute Gasteiger partial charge is 0.0408 e. The summed E-state index contributed by atoms with van der Waals surface area (Å²) < 4.78 is 0. The molecule has 0 aromatic heterocycles. The fourth-order valence-electron chi connectivity index (χ4n) is 1.37. The first-order chi connectivity index (χ1) is 7.29. The van der Waals surface area contributed by atoms with E-state index in [1.165, 1.54) is 5.69 Å². The number of benzene rings is 1. The topological polar surface area (TPSA) is 3.24 Å².